The highest BCUT2D eigenvalue weighted by Crippen LogP contribution is 2.20. The van der Waals surface area contributed by atoms with Gasteiger partial charge in [-0.15, -0.1) is 0 Å². The van der Waals surface area contributed by atoms with E-state index in [0.717, 1.165) is 17.9 Å². The molecule has 0 spiro atoms. The van der Waals surface area contributed by atoms with Crippen molar-refractivity contribution in [3.8, 4) is 5.75 Å². The molecule has 0 amide bonds. The Balaban J connectivity index is 1.79. The van der Waals surface area contributed by atoms with E-state index in [1.54, 1.807) is 25.3 Å². The number of nitrogens with one attached hydrogen (secondary N) is 1. The Labute approximate surface area is 132 Å². The van der Waals surface area contributed by atoms with Crippen LogP contribution in [0.3, 0.4) is 0 Å². The predicted octanol–water partition coefficient (Wildman–Crippen LogP) is 3.31. The van der Waals surface area contributed by atoms with Crippen molar-refractivity contribution in [1.82, 2.24) is 5.32 Å². The van der Waals surface area contributed by atoms with Gasteiger partial charge in [-0.25, -0.2) is 0 Å². The molecule has 1 atom stereocenters. The minimum atomic E-state index is -1.01. The van der Waals surface area contributed by atoms with Crippen LogP contribution in [0.5, 0.6) is 5.75 Å². The highest BCUT2D eigenvalue weighted by molar-refractivity contribution is 5.27. The maximum Gasteiger partial charge on any atom is 0.136 e. The molecule has 2 aromatic rings. The quantitative estimate of drug-likeness (QED) is 0.785. The number of aliphatic hydroxyl groups is 1. The molecule has 0 saturated heterocycles. The van der Waals surface area contributed by atoms with E-state index in [1.807, 2.05) is 24.3 Å². The largest absolute Gasteiger partial charge is 0.493 e. The molecule has 0 saturated carbocycles. The molecule has 2 N–H and O–H groups in total. The van der Waals surface area contributed by atoms with Crippen LogP contribution in [0.1, 0.15) is 32.1 Å². The van der Waals surface area contributed by atoms with Gasteiger partial charge < -0.3 is 19.6 Å². The molecule has 1 aromatic carbocycles. The molecule has 0 radical (unpaired) electrons. The number of hydrogen-bond donors (Lipinski definition) is 2. The monoisotopic (exact) mass is 303 g/mol. The zero-order valence-corrected chi connectivity index (χ0v) is 13.5. The van der Waals surface area contributed by atoms with E-state index >= 15 is 0 Å². The van der Waals surface area contributed by atoms with Gasteiger partial charge in [0.05, 0.1) is 12.9 Å². The van der Waals surface area contributed by atoms with Crippen LogP contribution in [-0.4, -0.2) is 18.3 Å². The molecular weight excluding hydrogens is 278 g/mol. The fraction of sp³-hybridized carbons (Fsp3) is 0.444. The Kier molecular flexibility index (Phi) is 5.63. The normalized spacial score (nSPS) is 14.0. The average Bonchev–Trinajstić information content (AvgIpc) is 3.01. The van der Waals surface area contributed by atoms with Crippen LogP contribution >= 0.6 is 0 Å². The standard InChI is InChI=1S/C18H25NO3/c1-14(2)12-22-16-8-6-15(7-9-16)11-19-13-18(3,20)17-5-4-10-21-17/h4-10,14,19-20H,11-13H2,1-3H3. The number of furan rings is 1. The average molecular weight is 303 g/mol. The molecule has 2 rings (SSSR count). The molecular formula is C18H25NO3. The predicted molar refractivity (Wildman–Crippen MR) is 86.8 cm³/mol. The number of hydrogen-bond acceptors (Lipinski definition) is 4. The van der Waals surface area contributed by atoms with E-state index in [-0.39, 0.29) is 0 Å². The second-order valence-electron chi connectivity index (χ2n) is 6.20. The van der Waals surface area contributed by atoms with Gasteiger partial charge in [0.1, 0.15) is 17.1 Å². The minimum Gasteiger partial charge on any atom is -0.493 e. The molecule has 0 aliphatic rings. The zero-order chi connectivity index (χ0) is 16.0. The van der Waals surface area contributed by atoms with Crippen molar-refractivity contribution in [2.75, 3.05) is 13.2 Å². The molecule has 22 heavy (non-hydrogen) atoms. The van der Waals surface area contributed by atoms with Gasteiger partial charge in [-0.05, 0) is 42.7 Å². The third-order valence-corrected chi connectivity index (χ3v) is 3.36. The van der Waals surface area contributed by atoms with Crippen molar-refractivity contribution in [1.29, 1.82) is 0 Å². The van der Waals surface area contributed by atoms with Gasteiger partial charge in [0.2, 0.25) is 0 Å². The fourth-order valence-electron chi connectivity index (χ4n) is 2.09. The summed E-state index contributed by atoms with van der Waals surface area (Å²) >= 11 is 0. The van der Waals surface area contributed by atoms with Gasteiger partial charge in [0.15, 0.2) is 0 Å². The van der Waals surface area contributed by atoms with Crippen molar-refractivity contribution >= 4 is 0 Å². The van der Waals surface area contributed by atoms with E-state index in [2.05, 4.69) is 19.2 Å². The first kappa shape index (κ1) is 16.6. The van der Waals surface area contributed by atoms with Crippen LogP contribution in [-0.2, 0) is 12.1 Å². The number of rotatable bonds is 8. The smallest absolute Gasteiger partial charge is 0.136 e. The molecule has 4 nitrogen and oxygen atoms in total. The summed E-state index contributed by atoms with van der Waals surface area (Å²) in [6.07, 6.45) is 1.57. The first-order chi connectivity index (χ1) is 10.5. The second-order valence-corrected chi connectivity index (χ2v) is 6.20. The summed E-state index contributed by atoms with van der Waals surface area (Å²) < 4.78 is 10.9. The molecule has 1 unspecified atom stereocenters. The molecule has 0 aliphatic heterocycles. The third-order valence-electron chi connectivity index (χ3n) is 3.36. The maximum absolute atomic E-state index is 10.3. The molecule has 1 heterocycles. The summed E-state index contributed by atoms with van der Waals surface area (Å²) in [6.45, 7) is 7.82. The van der Waals surface area contributed by atoms with Crippen molar-refractivity contribution in [2.24, 2.45) is 5.92 Å². The lowest BCUT2D eigenvalue weighted by Gasteiger charge is -2.21. The second kappa shape index (κ2) is 7.47. The summed E-state index contributed by atoms with van der Waals surface area (Å²) in [5, 5.41) is 13.6. The third kappa shape index (κ3) is 4.90. The van der Waals surface area contributed by atoms with E-state index in [0.29, 0.717) is 24.8 Å². The maximum atomic E-state index is 10.3. The summed E-state index contributed by atoms with van der Waals surface area (Å²) in [7, 11) is 0. The first-order valence-electron chi connectivity index (χ1n) is 7.66. The summed E-state index contributed by atoms with van der Waals surface area (Å²) in [4.78, 5) is 0. The lowest BCUT2D eigenvalue weighted by Crippen LogP contribution is -2.34. The summed E-state index contributed by atoms with van der Waals surface area (Å²) in [5.41, 5.74) is 0.135. The Morgan fingerprint density at radius 1 is 1.23 bits per heavy atom. The van der Waals surface area contributed by atoms with Crippen molar-refractivity contribution in [2.45, 2.75) is 32.9 Å². The van der Waals surface area contributed by atoms with Crippen LogP contribution < -0.4 is 10.1 Å². The van der Waals surface area contributed by atoms with E-state index in [4.69, 9.17) is 9.15 Å². The first-order valence-corrected chi connectivity index (χ1v) is 7.66. The molecule has 4 heteroatoms. The minimum absolute atomic E-state index is 0.423. The number of benzene rings is 1. The number of ether oxygens (including phenoxy) is 1. The zero-order valence-electron chi connectivity index (χ0n) is 13.5. The topological polar surface area (TPSA) is 54.6 Å². The van der Waals surface area contributed by atoms with Crippen molar-refractivity contribution < 1.29 is 14.3 Å². The van der Waals surface area contributed by atoms with Crippen LogP contribution in [0.4, 0.5) is 0 Å². The van der Waals surface area contributed by atoms with Crippen LogP contribution in [0, 0.1) is 5.92 Å². The van der Waals surface area contributed by atoms with Crippen LogP contribution in [0.15, 0.2) is 47.1 Å². The molecule has 1 aromatic heterocycles. The molecule has 120 valence electrons. The highest BCUT2D eigenvalue weighted by atomic mass is 16.5. The molecule has 0 fully saturated rings. The van der Waals surface area contributed by atoms with Crippen molar-refractivity contribution in [3.05, 3.63) is 54.0 Å². The van der Waals surface area contributed by atoms with Gasteiger partial charge in [-0.3, -0.25) is 0 Å². The molecule has 0 bridgehead atoms. The summed E-state index contributed by atoms with van der Waals surface area (Å²) in [6, 6.07) is 11.6. The Hall–Kier alpha value is -1.78. The summed E-state index contributed by atoms with van der Waals surface area (Å²) in [5.74, 6) is 1.97. The van der Waals surface area contributed by atoms with Crippen LogP contribution in [0.25, 0.3) is 0 Å². The van der Waals surface area contributed by atoms with Gasteiger partial charge in [-0.2, -0.15) is 0 Å². The SMILES string of the molecule is CC(C)COc1ccc(CNCC(C)(O)c2ccco2)cc1. The van der Waals surface area contributed by atoms with E-state index in [9.17, 15) is 5.11 Å². The van der Waals surface area contributed by atoms with Crippen molar-refractivity contribution in [3.63, 3.8) is 0 Å². The van der Waals surface area contributed by atoms with E-state index in [1.165, 1.54) is 0 Å². The highest BCUT2D eigenvalue weighted by Gasteiger charge is 2.25. The Morgan fingerprint density at radius 3 is 2.55 bits per heavy atom. The molecule has 0 aliphatic carbocycles. The lowest BCUT2D eigenvalue weighted by atomic mass is 10.0. The Morgan fingerprint density at radius 2 is 1.95 bits per heavy atom. The van der Waals surface area contributed by atoms with Gasteiger partial charge >= 0.3 is 0 Å². The fourth-order valence-corrected chi connectivity index (χ4v) is 2.09. The van der Waals surface area contributed by atoms with Crippen LogP contribution in [0.2, 0.25) is 0 Å². The van der Waals surface area contributed by atoms with Gasteiger partial charge in [0.25, 0.3) is 0 Å². The Bertz CT molecular complexity index is 544. The van der Waals surface area contributed by atoms with Gasteiger partial charge in [0, 0.05) is 13.1 Å². The van der Waals surface area contributed by atoms with E-state index < -0.39 is 5.60 Å². The van der Waals surface area contributed by atoms with Gasteiger partial charge in [-0.1, -0.05) is 26.0 Å². The lowest BCUT2D eigenvalue weighted by molar-refractivity contribution is 0.0340.